The van der Waals surface area contributed by atoms with Crippen molar-refractivity contribution in [1.29, 1.82) is 0 Å². The maximum Gasteiger partial charge on any atom is 0.125 e. The Bertz CT molecular complexity index is 422. The molecule has 0 aliphatic heterocycles. The van der Waals surface area contributed by atoms with E-state index in [-0.39, 0.29) is 0 Å². The Morgan fingerprint density at radius 3 is 2.09 bits per heavy atom. The molecule has 124 valence electrons. The molecule has 0 amide bonds. The maximum atomic E-state index is 4.82. The lowest BCUT2D eigenvalue weighted by Gasteiger charge is -2.16. The first-order valence-corrected chi connectivity index (χ1v) is 9.66. The van der Waals surface area contributed by atoms with Crippen molar-refractivity contribution in [2.24, 2.45) is 0 Å². The fraction of sp³-hybridized carbons (Fsp3) is 0.800. The molecule has 0 aromatic carbocycles. The number of nitrogens with zero attached hydrogens (tertiary/aromatic N) is 2. The van der Waals surface area contributed by atoms with Gasteiger partial charge in [-0.25, -0.2) is 9.97 Å². The van der Waals surface area contributed by atoms with Gasteiger partial charge in [0.2, 0.25) is 0 Å². The predicted octanol–water partition coefficient (Wildman–Crippen LogP) is 5.74. The van der Waals surface area contributed by atoms with Crippen molar-refractivity contribution in [3.8, 4) is 0 Å². The van der Waals surface area contributed by atoms with Crippen LogP contribution < -0.4 is 0 Å². The van der Waals surface area contributed by atoms with Gasteiger partial charge in [0, 0.05) is 11.4 Å². The molecule has 0 atom stereocenters. The fourth-order valence-corrected chi connectivity index (χ4v) is 3.62. The van der Waals surface area contributed by atoms with Crippen molar-refractivity contribution in [1.82, 2.24) is 9.97 Å². The third-order valence-corrected chi connectivity index (χ3v) is 4.90. The number of aromatic nitrogens is 2. The van der Waals surface area contributed by atoms with E-state index in [1.807, 2.05) is 0 Å². The minimum Gasteiger partial charge on any atom is -0.238 e. The summed E-state index contributed by atoms with van der Waals surface area (Å²) in [5, 5.41) is 0. The van der Waals surface area contributed by atoms with Crippen molar-refractivity contribution < 1.29 is 0 Å². The van der Waals surface area contributed by atoms with Gasteiger partial charge in [-0.3, -0.25) is 0 Å². The van der Waals surface area contributed by atoms with Crippen molar-refractivity contribution in [2.75, 3.05) is 0 Å². The number of rotatable bonds is 4. The first kappa shape index (κ1) is 17.4. The Morgan fingerprint density at radius 2 is 1.41 bits per heavy atom. The van der Waals surface area contributed by atoms with E-state index in [4.69, 9.17) is 9.97 Å². The number of unbranched alkanes of at least 4 members (excludes halogenated alkanes) is 2. The molecule has 0 fully saturated rings. The zero-order valence-electron chi connectivity index (χ0n) is 14.8. The van der Waals surface area contributed by atoms with Gasteiger partial charge in [0.05, 0.1) is 0 Å². The topological polar surface area (TPSA) is 25.8 Å². The summed E-state index contributed by atoms with van der Waals surface area (Å²) in [5.41, 5.74) is 4.26. The van der Waals surface area contributed by atoms with Crippen molar-refractivity contribution in [2.45, 2.75) is 104 Å². The molecule has 22 heavy (non-hydrogen) atoms. The Labute approximate surface area is 137 Å². The Hall–Kier alpha value is -0.920. The average Bonchev–Trinajstić information content (AvgIpc) is 2.49. The highest BCUT2D eigenvalue weighted by atomic mass is 14.9. The van der Waals surface area contributed by atoms with E-state index in [9.17, 15) is 0 Å². The van der Waals surface area contributed by atoms with E-state index in [1.54, 1.807) is 0 Å². The highest BCUT2D eigenvalue weighted by Crippen LogP contribution is 2.22. The number of hydrogen-bond acceptors (Lipinski definition) is 2. The number of fused-ring (bicyclic) bond motifs is 1. The molecule has 0 saturated heterocycles. The van der Waals surface area contributed by atoms with Crippen LogP contribution in [0.1, 0.15) is 100 Å². The van der Waals surface area contributed by atoms with Crippen molar-refractivity contribution in [3.63, 3.8) is 0 Å². The van der Waals surface area contributed by atoms with Crippen LogP contribution in [0.2, 0.25) is 0 Å². The molecule has 2 heteroatoms. The quantitative estimate of drug-likeness (QED) is 0.663. The van der Waals surface area contributed by atoms with E-state index < -0.39 is 0 Å². The van der Waals surface area contributed by atoms with E-state index in [2.05, 4.69) is 13.8 Å². The van der Waals surface area contributed by atoms with Crippen molar-refractivity contribution in [3.05, 3.63) is 22.8 Å². The van der Waals surface area contributed by atoms with Gasteiger partial charge in [-0.15, -0.1) is 0 Å². The van der Waals surface area contributed by atoms with E-state index >= 15 is 0 Å². The Kier molecular flexibility index (Phi) is 7.90. The van der Waals surface area contributed by atoms with Crippen LogP contribution in [0, 0.1) is 6.92 Å². The standard InChI is InChI=1S/C20H34N2/c1-3-4-11-15-19-18-14-12-9-7-5-6-8-10-13-16-20(18)22-17(2)21-19/h3-16H2,1-2H3. The third-order valence-electron chi connectivity index (χ3n) is 4.90. The monoisotopic (exact) mass is 302 g/mol. The van der Waals surface area contributed by atoms with Crippen molar-refractivity contribution >= 4 is 0 Å². The average molecular weight is 303 g/mol. The van der Waals surface area contributed by atoms with Gasteiger partial charge < -0.3 is 0 Å². The second-order valence-corrected chi connectivity index (χ2v) is 6.93. The van der Waals surface area contributed by atoms with Crippen LogP contribution in [0.25, 0.3) is 0 Å². The summed E-state index contributed by atoms with van der Waals surface area (Å²) in [6.07, 6.45) is 18.4. The lowest BCUT2D eigenvalue weighted by molar-refractivity contribution is 0.553. The largest absolute Gasteiger partial charge is 0.238 e. The van der Waals surface area contributed by atoms with Gasteiger partial charge in [0.25, 0.3) is 0 Å². The van der Waals surface area contributed by atoms with E-state index in [0.29, 0.717) is 0 Å². The zero-order valence-corrected chi connectivity index (χ0v) is 14.8. The molecule has 0 radical (unpaired) electrons. The molecule has 0 spiro atoms. The summed E-state index contributed by atoms with van der Waals surface area (Å²) in [6, 6.07) is 0. The van der Waals surface area contributed by atoms with Crippen LogP contribution in [0.4, 0.5) is 0 Å². The second kappa shape index (κ2) is 9.97. The minimum atomic E-state index is 0.984. The molecule has 1 aromatic rings. The summed E-state index contributed by atoms with van der Waals surface area (Å²) >= 11 is 0. The van der Waals surface area contributed by atoms with Gasteiger partial charge in [-0.2, -0.15) is 0 Å². The summed E-state index contributed by atoms with van der Waals surface area (Å²) in [6.45, 7) is 4.34. The summed E-state index contributed by atoms with van der Waals surface area (Å²) in [7, 11) is 0. The zero-order chi connectivity index (χ0) is 15.6. The molecular formula is C20H34N2. The molecule has 1 aromatic heterocycles. The SMILES string of the molecule is CCCCCc1nc(C)nc2c1CCCCCCCCCC2. The lowest BCUT2D eigenvalue weighted by atomic mass is 9.95. The molecule has 2 rings (SSSR count). The summed E-state index contributed by atoms with van der Waals surface area (Å²) < 4.78 is 0. The van der Waals surface area contributed by atoms with Gasteiger partial charge in [0.15, 0.2) is 0 Å². The van der Waals surface area contributed by atoms with Crippen LogP contribution in [0.15, 0.2) is 0 Å². The molecule has 0 unspecified atom stereocenters. The number of hydrogen-bond donors (Lipinski definition) is 0. The molecule has 2 nitrogen and oxygen atoms in total. The first-order chi connectivity index (χ1) is 10.8. The van der Waals surface area contributed by atoms with Crippen LogP contribution >= 0.6 is 0 Å². The van der Waals surface area contributed by atoms with Crippen LogP contribution in [0.3, 0.4) is 0 Å². The molecule has 0 bridgehead atoms. The van der Waals surface area contributed by atoms with E-state index in [1.165, 1.54) is 100 Å². The first-order valence-electron chi connectivity index (χ1n) is 9.66. The van der Waals surface area contributed by atoms with E-state index in [0.717, 1.165) is 12.2 Å². The highest BCUT2D eigenvalue weighted by molar-refractivity contribution is 5.27. The highest BCUT2D eigenvalue weighted by Gasteiger charge is 2.13. The van der Waals surface area contributed by atoms with Gasteiger partial charge in [-0.05, 0) is 51.0 Å². The van der Waals surface area contributed by atoms with Crippen LogP contribution in [-0.4, -0.2) is 9.97 Å². The smallest absolute Gasteiger partial charge is 0.125 e. The Morgan fingerprint density at radius 1 is 0.773 bits per heavy atom. The van der Waals surface area contributed by atoms with Crippen LogP contribution in [0.5, 0.6) is 0 Å². The van der Waals surface area contributed by atoms with Crippen LogP contribution in [-0.2, 0) is 19.3 Å². The van der Waals surface area contributed by atoms with Gasteiger partial charge in [-0.1, -0.05) is 58.3 Å². The second-order valence-electron chi connectivity index (χ2n) is 6.93. The Balaban J connectivity index is 2.15. The lowest BCUT2D eigenvalue weighted by Crippen LogP contribution is -2.09. The molecule has 0 saturated carbocycles. The number of aryl methyl sites for hydroxylation is 3. The molecule has 1 aliphatic carbocycles. The predicted molar refractivity (Wildman–Crippen MR) is 94.3 cm³/mol. The molecular weight excluding hydrogens is 268 g/mol. The normalized spacial score (nSPS) is 17.4. The maximum absolute atomic E-state index is 4.82. The third kappa shape index (κ3) is 5.70. The summed E-state index contributed by atoms with van der Waals surface area (Å²) in [4.78, 5) is 9.63. The molecule has 1 heterocycles. The van der Waals surface area contributed by atoms with Gasteiger partial charge >= 0.3 is 0 Å². The van der Waals surface area contributed by atoms with Gasteiger partial charge in [0.1, 0.15) is 5.82 Å². The fourth-order valence-electron chi connectivity index (χ4n) is 3.62. The molecule has 1 aliphatic rings. The molecule has 0 N–H and O–H groups in total. The minimum absolute atomic E-state index is 0.984. The summed E-state index contributed by atoms with van der Waals surface area (Å²) in [5.74, 6) is 0.984.